The van der Waals surface area contributed by atoms with Crippen LogP contribution in [0.4, 0.5) is 0 Å². The van der Waals surface area contributed by atoms with Crippen molar-refractivity contribution < 1.29 is 0 Å². The van der Waals surface area contributed by atoms with Gasteiger partial charge in [0.25, 0.3) is 0 Å². The third-order valence-corrected chi connectivity index (χ3v) is 2.18. The van der Waals surface area contributed by atoms with Gasteiger partial charge in [0.1, 0.15) is 0 Å². The molecule has 0 aliphatic heterocycles. The number of allylic oxidation sites excluding steroid dienone is 4. The zero-order valence-electron chi connectivity index (χ0n) is 9.17. The van der Waals surface area contributed by atoms with E-state index < -0.39 is 0 Å². The topological polar surface area (TPSA) is 35.8 Å². The van der Waals surface area contributed by atoms with Crippen LogP contribution in [0.15, 0.2) is 36.1 Å². The summed E-state index contributed by atoms with van der Waals surface area (Å²) in [6, 6.07) is 2.17. The second kappa shape index (κ2) is 6.97. The molecule has 0 saturated heterocycles. The van der Waals surface area contributed by atoms with Crippen molar-refractivity contribution in [2.45, 2.75) is 20.3 Å². The predicted molar refractivity (Wildman–Crippen MR) is 60.5 cm³/mol. The smallest absolute Gasteiger partial charge is 0.0631 e. The number of hydrogen-bond donors (Lipinski definition) is 1. The first kappa shape index (κ1) is 12.5. The highest BCUT2D eigenvalue weighted by Gasteiger charge is 2.12. The van der Waals surface area contributed by atoms with E-state index in [1.165, 1.54) is 0 Å². The van der Waals surface area contributed by atoms with Crippen LogP contribution >= 0.6 is 0 Å². The highest BCUT2D eigenvalue weighted by molar-refractivity contribution is 5.33. The molecule has 0 aromatic carbocycles. The van der Waals surface area contributed by atoms with Crippen molar-refractivity contribution in [3.8, 4) is 6.07 Å². The molecule has 76 valence electrons. The fourth-order valence-electron chi connectivity index (χ4n) is 1.44. The van der Waals surface area contributed by atoms with Crippen molar-refractivity contribution in [1.82, 2.24) is 5.32 Å². The van der Waals surface area contributed by atoms with E-state index in [-0.39, 0.29) is 5.92 Å². The van der Waals surface area contributed by atoms with Gasteiger partial charge in [0.2, 0.25) is 0 Å². The summed E-state index contributed by atoms with van der Waals surface area (Å²) in [6.45, 7) is 7.70. The predicted octanol–water partition coefficient (Wildman–Crippen LogP) is 2.77. The van der Waals surface area contributed by atoms with Gasteiger partial charge in [-0.25, -0.2) is 0 Å². The largest absolute Gasteiger partial charge is 0.388 e. The summed E-state index contributed by atoms with van der Waals surface area (Å²) >= 11 is 0. The Balaban J connectivity index is 4.88. The minimum absolute atomic E-state index is 0.114. The minimum atomic E-state index is 0.114. The van der Waals surface area contributed by atoms with Gasteiger partial charge in [0.15, 0.2) is 0 Å². The van der Waals surface area contributed by atoms with Gasteiger partial charge < -0.3 is 5.32 Å². The Morgan fingerprint density at radius 3 is 2.43 bits per heavy atom. The average molecular weight is 190 g/mol. The van der Waals surface area contributed by atoms with Gasteiger partial charge in [0, 0.05) is 25.1 Å². The van der Waals surface area contributed by atoms with Crippen molar-refractivity contribution >= 4 is 0 Å². The second-order valence-electron chi connectivity index (χ2n) is 2.90. The van der Waals surface area contributed by atoms with Crippen molar-refractivity contribution in [2.24, 2.45) is 5.92 Å². The summed E-state index contributed by atoms with van der Waals surface area (Å²) in [7, 11) is 1.88. The maximum absolute atomic E-state index is 8.67. The van der Waals surface area contributed by atoms with Crippen LogP contribution in [-0.2, 0) is 0 Å². The number of rotatable bonds is 5. The quantitative estimate of drug-likeness (QED) is 0.534. The van der Waals surface area contributed by atoms with Crippen molar-refractivity contribution in [2.75, 3.05) is 7.05 Å². The highest BCUT2D eigenvalue weighted by atomic mass is 14.8. The van der Waals surface area contributed by atoms with E-state index in [4.69, 9.17) is 5.26 Å². The SMILES string of the molecule is C=CC(CC#N)C(=C/C)/C(=C\C)NC. The van der Waals surface area contributed by atoms with E-state index in [1.807, 2.05) is 39.1 Å². The molecule has 0 aromatic rings. The lowest BCUT2D eigenvalue weighted by Gasteiger charge is -2.16. The molecule has 0 amide bonds. The third kappa shape index (κ3) is 3.10. The summed E-state index contributed by atoms with van der Waals surface area (Å²) in [6.07, 6.45) is 6.32. The Kier molecular flexibility index (Phi) is 6.22. The molecule has 0 rings (SSSR count). The van der Waals surface area contributed by atoms with Crippen LogP contribution in [0.2, 0.25) is 0 Å². The van der Waals surface area contributed by atoms with E-state index in [0.29, 0.717) is 6.42 Å². The maximum Gasteiger partial charge on any atom is 0.0631 e. The fraction of sp³-hybridized carbons (Fsp3) is 0.417. The molecular weight excluding hydrogens is 172 g/mol. The first-order valence-corrected chi connectivity index (χ1v) is 4.75. The second-order valence-corrected chi connectivity index (χ2v) is 2.90. The normalized spacial score (nSPS) is 14.4. The van der Waals surface area contributed by atoms with E-state index in [9.17, 15) is 0 Å². The van der Waals surface area contributed by atoms with Crippen LogP contribution in [0.25, 0.3) is 0 Å². The van der Waals surface area contributed by atoms with Crippen molar-refractivity contribution in [1.29, 1.82) is 5.26 Å². The molecular formula is C12H18N2. The van der Waals surface area contributed by atoms with Crippen LogP contribution in [-0.4, -0.2) is 7.05 Å². The Morgan fingerprint density at radius 1 is 1.50 bits per heavy atom. The van der Waals surface area contributed by atoms with Gasteiger partial charge in [-0.3, -0.25) is 0 Å². The first-order valence-electron chi connectivity index (χ1n) is 4.75. The number of nitriles is 1. The highest BCUT2D eigenvalue weighted by Crippen LogP contribution is 2.21. The van der Waals surface area contributed by atoms with Gasteiger partial charge in [-0.15, -0.1) is 6.58 Å². The first-order chi connectivity index (χ1) is 6.74. The summed E-state index contributed by atoms with van der Waals surface area (Å²) in [5.74, 6) is 0.114. The Bertz CT molecular complexity index is 279. The molecule has 1 unspecified atom stereocenters. The van der Waals surface area contributed by atoms with E-state index in [1.54, 1.807) is 0 Å². The summed E-state index contributed by atoms with van der Waals surface area (Å²) < 4.78 is 0. The summed E-state index contributed by atoms with van der Waals surface area (Å²) in [4.78, 5) is 0. The maximum atomic E-state index is 8.67. The lowest BCUT2D eigenvalue weighted by Crippen LogP contribution is -2.13. The molecule has 2 nitrogen and oxygen atoms in total. The minimum Gasteiger partial charge on any atom is -0.388 e. The zero-order chi connectivity index (χ0) is 11.0. The summed E-state index contributed by atoms with van der Waals surface area (Å²) in [5.41, 5.74) is 2.19. The van der Waals surface area contributed by atoms with Crippen LogP contribution in [0.1, 0.15) is 20.3 Å². The molecule has 0 bridgehead atoms. The molecule has 0 aliphatic rings. The number of nitrogens with one attached hydrogen (secondary N) is 1. The average Bonchev–Trinajstić information content (AvgIpc) is 2.23. The van der Waals surface area contributed by atoms with Crippen LogP contribution < -0.4 is 5.32 Å². The lowest BCUT2D eigenvalue weighted by atomic mass is 9.93. The van der Waals surface area contributed by atoms with Gasteiger partial charge in [0.05, 0.1) is 6.07 Å². The number of nitrogens with zero attached hydrogens (tertiary/aromatic N) is 1. The van der Waals surface area contributed by atoms with Crippen LogP contribution in [0, 0.1) is 17.2 Å². The Hall–Kier alpha value is -1.49. The molecule has 0 saturated carbocycles. The molecule has 0 fully saturated rings. The molecule has 1 N–H and O–H groups in total. The lowest BCUT2D eigenvalue weighted by molar-refractivity contribution is 0.766. The van der Waals surface area contributed by atoms with Gasteiger partial charge >= 0.3 is 0 Å². The van der Waals surface area contributed by atoms with Crippen molar-refractivity contribution in [3.63, 3.8) is 0 Å². The molecule has 0 spiro atoms. The monoisotopic (exact) mass is 190 g/mol. The van der Waals surface area contributed by atoms with Crippen LogP contribution in [0.5, 0.6) is 0 Å². The standard InChI is InChI=1S/C12H18N2/c1-5-10(8-9-13)11(6-2)12(7-3)14-4/h5-7,10,14H,1,8H2,2-4H3/b11-6-,12-7+. The van der Waals surface area contributed by atoms with Crippen molar-refractivity contribution in [3.05, 3.63) is 36.1 Å². The zero-order valence-corrected chi connectivity index (χ0v) is 9.17. The summed E-state index contributed by atoms with van der Waals surface area (Å²) in [5, 5.41) is 11.8. The Morgan fingerprint density at radius 2 is 2.14 bits per heavy atom. The van der Waals surface area contributed by atoms with Gasteiger partial charge in [-0.05, 0) is 19.4 Å². The molecule has 0 radical (unpaired) electrons. The number of likely N-dealkylation sites (N-methyl/N-ethyl adjacent to an activating group) is 1. The molecule has 1 atom stereocenters. The molecule has 0 aliphatic carbocycles. The van der Waals surface area contributed by atoms with Gasteiger partial charge in [-0.2, -0.15) is 5.26 Å². The Labute approximate surface area is 86.6 Å². The van der Waals surface area contributed by atoms with E-state index in [0.717, 1.165) is 11.3 Å². The number of hydrogen-bond acceptors (Lipinski definition) is 2. The molecule has 14 heavy (non-hydrogen) atoms. The van der Waals surface area contributed by atoms with Gasteiger partial charge in [-0.1, -0.05) is 18.2 Å². The van der Waals surface area contributed by atoms with E-state index >= 15 is 0 Å². The molecule has 0 heterocycles. The fourth-order valence-corrected chi connectivity index (χ4v) is 1.44. The molecule has 2 heteroatoms. The molecule has 0 aromatic heterocycles. The van der Waals surface area contributed by atoms with Crippen LogP contribution in [0.3, 0.4) is 0 Å². The van der Waals surface area contributed by atoms with E-state index in [2.05, 4.69) is 18.0 Å². The third-order valence-electron chi connectivity index (χ3n) is 2.18.